The summed E-state index contributed by atoms with van der Waals surface area (Å²) < 4.78 is 17.1. The van der Waals surface area contributed by atoms with Crippen molar-refractivity contribution >= 4 is 11.9 Å². The summed E-state index contributed by atoms with van der Waals surface area (Å²) in [4.78, 5) is 24.8. The molecule has 0 aliphatic heterocycles. The number of carbonyl (C=O) groups is 2. The molecule has 34 heavy (non-hydrogen) atoms. The second-order valence-corrected chi connectivity index (χ2v) is 8.60. The Kier molecular flexibility index (Phi) is 12.0. The van der Waals surface area contributed by atoms with E-state index in [-0.39, 0.29) is 25.4 Å². The van der Waals surface area contributed by atoms with E-state index in [0.29, 0.717) is 25.8 Å². The predicted octanol–water partition coefficient (Wildman–Crippen LogP) is 4.37. The third kappa shape index (κ3) is 10.7. The molecule has 1 unspecified atom stereocenters. The number of aliphatic carboxylic acids is 1. The van der Waals surface area contributed by atoms with Crippen LogP contribution in [0.4, 0.5) is 0 Å². The predicted molar refractivity (Wildman–Crippen MR) is 131 cm³/mol. The Morgan fingerprint density at radius 2 is 1.74 bits per heavy atom. The fraction of sp³-hybridized carbons (Fsp3) is 0.481. The molecule has 0 saturated heterocycles. The third-order valence-corrected chi connectivity index (χ3v) is 5.35. The van der Waals surface area contributed by atoms with E-state index in [4.69, 9.17) is 19.3 Å². The highest BCUT2D eigenvalue weighted by Crippen LogP contribution is 2.22. The number of likely N-dealkylation sites (N-methyl/N-ethyl adjacent to an activating group) is 1. The van der Waals surface area contributed by atoms with Crippen molar-refractivity contribution < 1.29 is 28.9 Å². The second kappa shape index (κ2) is 15.0. The first-order valence-corrected chi connectivity index (χ1v) is 11.8. The van der Waals surface area contributed by atoms with Gasteiger partial charge in [-0.2, -0.15) is 0 Å². The van der Waals surface area contributed by atoms with E-state index in [2.05, 4.69) is 12.1 Å². The number of hydrogen-bond donors (Lipinski definition) is 1. The van der Waals surface area contributed by atoms with Gasteiger partial charge in [-0.05, 0) is 69.1 Å². The van der Waals surface area contributed by atoms with Crippen molar-refractivity contribution in [1.29, 1.82) is 0 Å². The SMILES string of the molecule is COc1cccc(CCc2ccccc2OCC(CN(C)C)OC(=O)CCCCCC(=O)O)c1. The molecule has 0 aromatic heterocycles. The summed E-state index contributed by atoms with van der Waals surface area (Å²) in [6, 6.07) is 16.0. The van der Waals surface area contributed by atoms with Gasteiger partial charge in [0.15, 0.2) is 0 Å². The van der Waals surface area contributed by atoms with Crippen molar-refractivity contribution in [3.63, 3.8) is 0 Å². The fourth-order valence-corrected chi connectivity index (χ4v) is 3.64. The Morgan fingerprint density at radius 3 is 2.47 bits per heavy atom. The van der Waals surface area contributed by atoms with Crippen molar-refractivity contribution in [2.45, 2.75) is 51.0 Å². The summed E-state index contributed by atoms with van der Waals surface area (Å²) in [7, 11) is 5.52. The second-order valence-electron chi connectivity index (χ2n) is 8.60. The number of benzene rings is 2. The summed E-state index contributed by atoms with van der Waals surface area (Å²) in [5, 5.41) is 8.70. The molecule has 0 spiro atoms. The number of esters is 1. The normalized spacial score (nSPS) is 11.8. The minimum absolute atomic E-state index is 0.128. The first-order valence-electron chi connectivity index (χ1n) is 11.8. The molecule has 186 valence electrons. The molecule has 2 aromatic rings. The molecule has 2 aromatic carbocycles. The number of carbonyl (C=O) groups excluding carboxylic acids is 1. The van der Waals surface area contributed by atoms with Crippen LogP contribution in [0.1, 0.15) is 43.2 Å². The molecule has 0 amide bonds. The monoisotopic (exact) mass is 471 g/mol. The van der Waals surface area contributed by atoms with Crippen LogP contribution >= 0.6 is 0 Å². The van der Waals surface area contributed by atoms with Crippen LogP contribution < -0.4 is 9.47 Å². The summed E-state index contributed by atoms with van der Waals surface area (Å²) in [6.07, 6.45) is 3.57. The van der Waals surface area contributed by atoms with Crippen LogP contribution in [-0.2, 0) is 27.2 Å². The number of hydrogen-bond acceptors (Lipinski definition) is 6. The van der Waals surface area contributed by atoms with E-state index in [0.717, 1.165) is 29.9 Å². The lowest BCUT2D eigenvalue weighted by Crippen LogP contribution is -2.35. The Hall–Kier alpha value is -3.06. The lowest BCUT2D eigenvalue weighted by molar-refractivity contribution is -0.151. The topological polar surface area (TPSA) is 85.3 Å². The fourth-order valence-electron chi connectivity index (χ4n) is 3.64. The van der Waals surface area contributed by atoms with Gasteiger partial charge >= 0.3 is 11.9 Å². The van der Waals surface area contributed by atoms with Crippen molar-refractivity contribution in [3.05, 3.63) is 59.7 Å². The van der Waals surface area contributed by atoms with Crippen LogP contribution in [0.25, 0.3) is 0 Å². The number of carboxylic acid groups (broad SMARTS) is 1. The lowest BCUT2D eigenvalue weighted by atomic mass is 10.0. The maximum atomic E-state index is 12.3. The van der Waals surface area contributed by atoms with E-state index in [9.17, 15) is 9.59 Å². The standard InChI is InChI=1S/C27H37NO6/c1-28(2)19-24(34-27(31)15-6-4-5-14-26(29)30)20-33-25-13-8-7-11-22(25)17-16-21-10-9-12-23(18-21)32-3/h7-13,18,24H,4-6,14-17,19-20H2,1-3H3,(H,29,30). The maximum Gasteiger partial charge on any atom is 0.306 e. The van der Waals surface area contributed by atoms with Gasteiger partial charge in [0.2, 0.25) is 0 Å². The van der Waals surface area contributed by atoms with E-state index in [1.807, 2.05) is 55.4 Å². The van der Waals surface area contributed by atoms with E-state index in [1.165, 1.54) is 5.56 Å². The zero-order chi connectivity index (χ0) is 24.8. The molecule has 2 rings (SSSR count). The quantitative estimate of drug-likeness (QED) is 0.287. The van der Waals surface area contributed by atoms with Crippen LogP contribution in [0.2, 0.25) is 0 Å². The van der Waals surface area contributed by atoms with Crippen LogP contribution in [0, 0.1) is 0 Å². The lowest BCUT2D eigenvalue weighted by Gasteiger charge is -2.22. The van der Waals surface area contributed by atoms with Gasteiger partial charge in [-0.1, -0.05) is 36.8 Å². The number of para-hydroxylation sites is 1. The first kappa shape index (κ1) is 27.2. The molecule has 0 saturated carbocycles. The number of ether oxygens (including phenoxy) is 3. The molecule has 0 aliphatic rings. The zero-order valence-corrected chi connectivity index (χ0v) is 20.5. The van der Waals surface area contributed by atoms with E-state index < -0.39 is 12.1 Å². The van der Waals surface area contributed by atoms with Gasteiger partial charge in [0.05, 0.1) is 7.11 Å². The maximum absolute atomic E-state index is 12.3. The van der Waals surface area contributed by atoms with Crippen LogP contribution in [-0.4, -0.2) is 62.4 Å². The van der Waals surface area contributed by atoms with Crippen molar-refractivity contribution in [1.82, 2.24) is 4.90 Å². The molecule has 7 heteroatoms. The molecule has 0 radical (unpaired) electrons. The molecule has 1 N–H and O–H groups in total. The van der Waals surface area contributed by atoms with Gasteiger partial charge in [0.1, 0.15) is 24.2 Å². The van der Waals surface area contributed by atoms with Gasteiger partial charge in [0, 0.05) is 19.4 Å². The Balaban J connectivity index is 1.89. The van der Waals surface area contributed by atoms with E-state index >= 15 is 0 Å². The number of nitrogens with zero attached hydrogens (tertiary/aromatic N) is 1. The zero-order valence-electron chi connectivity index (χ0n) is 20.5. The Morgan fingerprint density at radius 1 is 0.971 bits per heavy atom. The summed E-state index contributed by atoms with van der Waals surface area (Å²) in [5.74, 6) is 0.544. The first-order chi connectivity index (χ1) is 16.4. The Labute approximate surface area is 202 Å². The molecule has 1 atom stereocenters. The minimum atomic E-state index is -0.811. The number of unbranched alkanes of at least 4 members (excludes halogenated alkanes) is 2. The largest absolute Gasteiger partial charge is 0.497 e. The van der Waals surface area contributed by atoms with Crippen LogP contribution in [0.3, 0.4) is 0 Å². The molecule has 0 aliphatic carbocycles. The van der Waals surface area contributed by atoms with Gasteiger partial charge in [-0.3, -0.25) is 9.59 Å². The molecular weight excluding hydrogens is 434 g/mol. The van der Waals surface area contributed by atoms with Crippen molar-refractivity contribution in [2.24, 2.45) is 0 Å². The third-order valence-electron chi connectivity index (χ3n) is 5.35. The van der Waals surface area contributed by atoms with Crippen LogP contribution in [0.15, 0.2) is 48.5 Å². The average Bonchev–Trinajstić information content (AvgIpc) is 2.81. The Bertz CT molecular complexity index is 898. The molecule has 0 bridgehead atoms. The molecular formula is C27H37NO6. The molecule has 0 heterocycles. The van der Waals surface area contributed by atoms with Gasteiger partial charge in [0.25, 0.3) is 0 Å². The van der Waals surface area contributed by atoms with Gasteiger partial charge in [-0.15, -0.1) is 0 Å². The highest BCUT2D eigenvalue weighted by Gasteiger charge is 2.17. The van der Waals surface area contributed by atoms with Gasteiger partial charge in [-0.25, -0.2) is 0 Å². The molecule has 7 nitrogen and oxygen atoms in total. The van der Waals surface area contributed by atoms with Crippen molar-refractivity contribution in [3.8, 4) is 11.5 Å². The smallest absolute Gasteiger partial charge is 0.306 e. The number of carboxylic acids is 1. The van der Waals surface area contributed by atoms with Gasteiger partial charge < -0.3 is 24.2 Å². The summed E-state index contributed by atoms with van der Waals surface area (Å²) in [5.41, 5.74) is 2.29. The average molecular weight is 472 g/mol. The highest BCUT2D eigenvalue weighted by molar-refractivity contribution is 5.69. The number of rotatable bonds is 16. The summed E-state index contributed by atoms with van der Waals surface area (Å²) in [6.45, 7) is 0.815. The van der Waals surface area contributed by atoms with Crippen LogP contribution in [0.5, 0.6) is 11.5 Å². The number of methoxy groups -OCH3 is 1. The minimum Gasteiger partial charge on any atom is -0.497 e. The highest BCUT2D eigenvalue weighted by atomic mass is 16.6. The molecule has 0 fully saturated rings. The van der Waals surface area contributed by atoms with Crippen molar-refractivity contribution in [2.75, 3.05) is 34.4 Å². The van der Waals surface area contributed by atoms with E-state index in [1.54, 1.807) is 7.11 Å². The summed E-state index contributed by atoms with van der Waals surface area (Å²) >= 11 is 0. The number of aryl methyl sites for hydroxylation is 2.